The second-order valence-corrected chi connectivity index (χ2v) is 6.26. The van der Waals surface area contributed by atoms with Crippen LogP contribution in [0.4, 0.5) is 10.1 Å². The summed E-state index contributed by atoms with van der Waals surface area (Å²) in [6.07, 6.45) is 1.67. The number of hydrogen-bond donors (Lipinski definition) is 1. The monoisotopic (exact) mass is 331 g/mol. The zero-order valence-electron chi connectivity index (χ0n) is 11.2. The van der Waals surface area contributed by atoms with Crippen molar-refractivity contribution >= 4 is 46.0 Å². The Hall–Kier alpha value is -2.18. The number of thioether (sulfide) groups is 1. The molecule has 0 saturated carbocycles. The van der Waals surface area contributed by atoms with Crippen LogP contribution in [-0.4, -0.2) is 15.3 Å². The van der Waals surface area contributed by atoms with E-state index >= 15 is 0 Å². The fourth-order valence-corrected chi connectivity index (χ4v) is 3.35. The number of thiocarbonyl (C=S) groups is 1. The van der Waals surface area contributed by atoms with E-state index in [9.17, 15) is 14.3 Å². The average Bonchev–Trinajstić information content (AvgIpc) is 2.75. The SMILES string of the molecule is O=C1C(=Cc2cccc(O)c2)SC(=S)N1c1ccc(F)cc1. The number of halogens is 1. The Bertz CT molecular complexity index is 787. The molecular weight excluding hydrogens is 321 g/mol. The summed E-state index contributed by atoms with van der Waals surface area (Å²) >= 11 is 6.41. The fourth-order valence-electron chi connectivity index (χ4n) is 2.05. The highest BCUT2D eigenvalue weighted by Gasteiger charge is 2.33. The van der Waals surface area contributed by atoms with Gasteiger partial charge in [-0.2, -0.15) is 0 Å². The zero-order chi connectivity index (χ0) is 15.7. The minimum atomic E-state index is -0.371. The molecule has 0 aromatic heterocycles. The Morgan fingerprint density at radius 3 is 2.59 bits per heavy atom. The molecule has 0 spiro atoms. The normalized spacial score (nSPS) is 16.6. The molecule has 110 valence electrons. The number of hydrogen-bond acceptors (Lipinski definition) is 4. The summed E-state index contributed by atoms with van der Waals surface area (Å²) in [5, 5.41) is 9.47. The van der Waals surface area contributed by atoms with Crippen molar-refractivity contribution in [3.05, 3.63) is 64.8 Å². The summed E-state index contributed by atoms with van der Waals surface area (Å²) in [4.78, 5) is 14.3. The quantitative estimate of drug-likeness (QED) is 0.668. The molecule has 1 fully saturated rings. The van der Waals surface area contributed by atoms with E-state index in [-0.39, 0.29) is 17.5 Å². The molecule has 1 heterocycles. The first-order valence-electron chi connectivity index (χ1n) is 6.37. The maximum absolute atomic E-state index is 13.0. The van der Waals surface area contributed by atoms with Crippen LogP contribution in [0.3, 0.4) is 0 Å². The second kappa shape index (κ2) is 5.90. The van der Waals surface area contributed by atoms with E-state index in [4.69, 9.17) is 12.2 Å². The first-order chi connectivity index (χ1) is 10.5. The molecule has 1 saturated heterocycles. The predicted molar refractivity (Wildman–Crippen MR) is 90.2 cm³/mol. The maximum atomic E-state index is 13.0. The van der Waals surface area contributed by atoms with Crippen LogP contribution in [-0.2, 0) is 4.79 Å². The van der Waals surface area contributed by atoms with Crippen molar-refractivity contribution in [1.82, 2.24) is 0 Å². The molecule has 1 amide bonds. The van der Waals surface area contributed by atoms with Crippen LogP contribution in [0, 0.1) is 5.82 Å². The maximum Gasteiger partial charge on any atom is 0.270 e. The van der Waals surface area contributed by atoms with Gasteiger partial charge in [-0.05, 0) is 48.0 Å². The van der Waals surface area contributed by atoms with E-state index in [0.717, 1.165) is 0 Å². The van der Waals surface area contributed by atoms with Gasteiger partial charge in [-0.25, -0.2) is 4.39 Å². The number of phenols is 1. The molecule has 2 aromatic rings. The van der Waals surface area contributed by atoms with Crippen molar-refractivity contribution in [3.63, 3.8) is 0 Å². The van der Waals surface area contributed by atoms with Crippen LogP contribution in [0.15, 0.2) is 53.4 Å². The van der Waals surface area contributed by atoms with E-state index in [1.54, 1.807) is 30.3 Å². The minimum absolute atomic E-state index is 0.128. The van der Waals surface area contributed by atoms with Crippen LogP contribution in [0.25, 0.3) is 6.08 Å². The average molecular weight is 331 g/mol. The summed E-state index contributed by atoms with van der Waals surface area (Å²) in [7, 11) is 0. The van der Waals surface area contributed by atoms with Crippen LogP contribution in [0.5, 0.6) is 5.75 Å². The molecule has 3 nitrogen and oxygen atoms in total. The number of aromatic hydroxyl groups is 1. The van der Waals surface area contributed by atoms with Crippen molar-refractivity contribution in [2.45, 2.75) is 0 Å². The molecule has 0 bridgehead atoms. The zero-order valence-corrected chi connectivity index (χ0v) is 12.8. The van der Waals surface area contributed by atoms with Gasteiger partial charge in [-0.3, -0.25) is 9.69 Å². The molecule has 0 atom stereocenters. The molecule has 3 rings (SSSR count). The number of carbonyl (C=O) groups excluding carboxylic acids is 1. The molecule has 22 heavy (non-hydrogen) atoms. The summed E-state index contributed by atoms with van der Waals surface area (Å²) < 4.78 is 13.4. The van der Waals surface area contributed by atoms with Gasteiger partial charge in [-0.1, -0.05) is 36.1 Å². The molecule has 1 aliphatic rings. The van der Waals surface area contributed by atoms with Crippen LogP contribution < -0.4 is 4.90 Å². The van der Waals surface area contributed by atoms with E-state index in [2.05, 4.69) is 0 Å². The van der Waals surface area contributed by atoms with Crippen molar-refractivity contribution in [3.8, 4) is 5.75 Å². The fraction of sp³-hybridized carbons (Fsp3) is 0. The summed E-state index contributed by atoms with van der Waals surface area (Å²) in [5.41, 5.74) is 1.24. The first kappa shape index (κ1) is 14.7. The molecule has 1 aliphatic heterocycles. The van der Waals surface area contributed by atoms with Gasteiger partial charge >= 0.3 is 0 Å². The lowest BCUT2D eigenvalue weighted by Gasteiger charge is -2.14. The topological polar surface area (TPSA) is 40.5 Å². The van der Waals surface area contributed by atoms with E-state index in [0.29, 0.717) is 20.5 Å². The first-order valence-corrected chi connectivity index (χ1v) is 7.59. The predicted octanol–water partition coefficient (Wildman–Crippen LogP) is 3.94. The third kappa shape index (κ3) is 2.88. The number of benzene rings is 2. The van der Waals surface area contributed by atoms with Crippen LogP contribution in [0.1, 0.15) is 5.56 Å². The standard InChI is InChI=1S/C16H10FNO2S2/c17-11-4-6-12(7-5-11)18-15(20)14(22-16(18)21)9-10-2-1-3-13(19)8-10/h1-9,19H. The van der Waals surface area contributed by atoms with Gasteiger partial charge in [-0.15, -0.1) is 0 Å². The van der Waals surface area contributed by atoms with Gasteiger partial charge in [0.2, 0.25) is 0 Å². The number of rotatable bonds is 2. The number of anilines is 1. The molecule has 1 N–H and O–H groups in total. The van der Waals surface area contributed by atoms with Gasteiger partial charge in [0.25, 0.3) is 5.91 Å². The van der Waals surface area contributed by atoms with Crippen LogP contribution >= 0.6 is 24.0 Å². The highest BCUT2D eigenvalue weighted by Crippen LogP contribution is 2.36. The highest BCUT2D eigenvalue weighted by atomic mass is 32.2. The van der Waals surface area contributed by atoms with Crippen molar-refractivity contribution in [1.29, 1.82) is 0 Å². The Morgan fingerprint density at radius 2 is 1.91 bits per heavy atom. The van der Waals surface area contributed by atoms with E-state index < -0.39 is 0 Å². The molecule has 6 heteroatoms. The molecule has 2 aromatic carbocycles. The lowest BCUT2D eigenvalue weighted by molar-refractivity contribution is -0.113. The van der Waals surface area contributed by atoms with Crippen molar-refractivity contribution < 1.29 is 14.3 Å². The van der Waals surface area contributed by atoms with Gasteiger partial charge in [0.05, 0.1) is 10.6 Å². The summed E-state index contributed by atoms with van der Waals surface area (Å²) in [5.74, 6) is -0.503. The molecule has 0 radical (unpaired) electrons. The number of amides is 1. The minimum Gasteiger partial charge on any atom is -0.508 e. The smallest absolute Gasteiger partial charge is 0.270 e. The number of carbonyl (C=O) groups is 1. The summed E-state index contributed by atoms with van der Waals surface area (Å²) in [6, 6.07) is 12.2. The second-order valence-electron chi connectivity index (χ2n) is 4.59. The lowest BCUT2D eigenvalue weighted by atomic mass is 10.2. The third-order valence-electron chi connectivity index (χ3n) is 3.05. The van der Waals surface area contributed by atoms with Crippen molar-refractivity contribution in [2.75, 3.05) is 4.90 Å². The highest BCUT2D eigenvalue weighted by molar-refractivity contribution is 8.27. The Kier molecular flexibility index (Phi) is 3.96. The summed E-state index contributed by atoms with van der Waals surface area (Å²) in [6.45, 7) is 0. The Morgan fingerprint density at radius 1 is 1.18 bits per heavy atom. The van der Waals surface area contributed by atoms with Crippen molar-refractivity contribution in [2.24, 2.45) is 0 Å². The van der Waals surface area contributed by atoms with Gasteiger partial charge in [0.1, 0.15) is 11.6 Å². The van der Waals surface area contributed by atoms with Gasteiger partial charge < -0.3 is 5.11 Å². The molecule has 0 unspecified atom stereocenters. The Labute approximate surface area is 136 Å². The van der Waals surface area contributed by atoms with Crippen LogP contribution in [0.2, 0.25) is 0 Å². The number of phenolic OH excluding ortho intramolecular Hbond substituents is 1. The largest absolute Gasteiger partial charge is 0.508 e. The van der Waals surface area contributed by atoms with E-state index in [1.165, 1.54) is 40.9 Å². The third-order valence-corrected chi connectivity index (χ3v) is 4.35. The van der Waals surface area contributed by atoms with Gasteiger partial charge in [0, 0.05) is 0 Å². The molecule has 0 aliphatic carbocycles. The van der Waals surface area contributed by atoms with Gasteiger partial charge in [0.15, 0.2) is 4.32 Å². The number of nitrogens with zero attached hydrogens (tertiary/aromatic N) is 1. The van der Waals surface area contributed by atoms with E-state index in [1.807, 2.05) is 0 Å². The molecular formula is C16H10FNO2S2. The Balaban J connectivity index is 1.93. The lowest BCUT2D eigenvalue weighted by Crippen LogP contribution is -2.27.